The molecule has 3 heteroatoms. The quantitative estimate of drug-likeness (QED) is 0.247. The molecule has 0 aliphatic carbocycles. The van der Waals surface area contributed by atoms with Gasteiger partial charge in [0.15, 0.2) is 7.14 Å². The number of rotatable bonds is 3. The topological polar surface area (TPSA) is 30.0 Å². The summed E-state index contributed by atoms with van der Waals surface area (Å²) in [6.45, 7) is 8.26. The van der Waals surface area contributed by atoms with E-state index in [1.807, 2.05) is 30.3 Å². The van der Waals surface area contributed by atoms with Crippen molar-refractivity contribution >= 4 is 44.9 Å². The lowest BCUT2D eigenvalue weighted by atomic mass is 10.1. The lowest BCUT2D eigenvalue weighted by Crippen LogP contribution is -2.28. The van der Waals surface area contributed by atoms with Gasteiger partial charge in [-0.05, 0) is 63.4 Å². The summed E-state index contributed by atoms with van der Waals surface area (Å²) >= 11 is 0. The Morgan fingerprint density at radius 3 is 1.53 bits per heavy atom. The lowest BCUT2D eigenvalue weighted by Gasteiger charge is -2.23. The average Bonchev–Trinajstić information content (AvgIpc) is 2.76. The molecule has 5 aromatic rings. The molecule has 0 saturated heterocycles. The molecule has 1 aromatic heterocycles. The minimum Gasteiger partial charge on any atom is -0.307 e. The van der Waals surface area contributed by atoms with E-state index in [0.29, 0.717) is 5.44 Å². The minimum absolute atomic E-state index is 0.668. The molecule has 5 rings (SSSR count). The molecule has 0 atom stereocenters. The first-order valence-electron chi connectivity index (χ1n) is 10.9. The molecular weight excluding hydrogens is 409 g/mol. The second-order valence-corrected chi connectivity index (χ2v) is 11.5. The molecule has 2 nitrogen and oxygen atoms in total. The molecule has 1 heterocycles. The zero-order chi connectivity index (χ0) is 22.5. The highest BCUT2D eigenvalue weighted by Gasteiger charge is 2.34. The monoisotopic (exact) mass is 435 g/mol. The summed E-state index contributed by atoms with van der Waals surface area (Å²) < 4.78 is 15.4. The summed E-state index contributed by atoms with van der Waals surface area (Å²) in [5, 5.41) is 4.80. The van der Waals surface area contributed by atoms with Crippen molar-refractivity contribution < 1.29 is 4.57 Å². The van der Waals surface area contributed by atoms with Gasteiger partial charge in [-0.15, -0.1) is 0 Å². The minimum atomic E-state index is -3.25. The standard InChI is InChI=1S/C29H26NOP/c1-19-13-20(2)16-23(15-19)32(31,24-17-21(3)14-22(4)18-24)29-27-11-6-5-9-25(27)26-10-7-8-12-28(26)30-29/h5-18H,1-4H3. The third kappa shape index (κ3) is 3.36. The Kier molecular flexibility index (Phi) is 4.99. The Bertz CT molecular complexity index is 1450. The van der Waals surface area contributed by atoms with Crippen LogP contribution in [-0.2, 0) is 4.57 Å². The van der Waals surface area contributed by atoms with Gasteiger partial charge in [0.1, 0.15) is 5.44 Å². The van der Waals surface area contributed by atoms with Crippen molar-refractivity contribution in [3.05, 3.63) is 107 Å². The van der Waals surface area contributed by atoms with Crippen LogP contribution in [0.4, 0.5) is 0 Å². The number of nitrogens with zero attached hydrogens (tertiary/aromatic N) is 1. The first kappa shape index (κ1) is 20.7. The zero-order valence-corrected chi connectivity index (χ0v) is 19.8. The van der Waals surface area contributed by atoms with Crippen molar-refractivity contribution in [2.45, 2.75) is 27.7 Å². The Morgan fingerprint density at radius 2 is 1.00 bits per heavy atom. The second kappa shape index (κ2) is 7.73. The highest BCUT2D eigenvalue weighted by Crippen LogP contribution is 2.45. The van der Waals surface area contributed by atoms with E-state index in [-0.39, 0.29) is 0 Å². The van der Waals surface area contributed by atoms with Crippen LogP contribution in [-0.4, -0.2) is 4.98 Å². The fraction of sp³-hybridized carbons (Fsp3) is 0.138. The van der Waals surface area contributed by atoms with Gasteiger partial charge in [-0.25, -0.2) is 4.98 Å². The largest absolute Gasteiger partial charge is 0.307 e. The fourth-order valence-electron chi connectivity index (χ4n) is 4.78. The predicted octanol–water partition coefficient (Wildman–Crippen LogP) is 6.26. The highest BCUT2D eigenvalue weighted by atomic mass is 31.2. The molecule has 0 fully saturated rings. The normalized spacial score (nSPS) is 11.9. The van der Waals surface area contributed by atoms with E-state index in [1.165, 1.54) is 0 Å². The van der Waals surface area contributed by atoms with Crippen molar-refractivity contribution in [3.63, 3.8) is 0 Å². The molecule has 0 N–H and O–H groups in total. The molecule has 0 radical (unpaired) electrons. The van der Waals surface area contributed by atoms with Gasteiger partial charge < -0.3 is 4.57 Å². The summed E-state index contributed by atoms with van der Waals surface area (Å²) in [5.74, 6) is 0. The maximum absolute atomic E-state index is 15.4. The van der Waals surface area contributed by atoms with Gasteiger partial charge in [-0.2, -0.15) is 0 Å². The highest BCUT2D eigenvalue weighted by molar-refractivity contribution is 7.85. The van der Waals surface area contributed by atoms with E-state index in [9.17, 15) is 0 Å². The number of aryl methyl sites for hydroxylation is 4. The van der Waals surface area contributed by atoms with Crippen LogP contribution in [0.2, 0.25) is 0 Å². The van der Waals surface area contributed by atoms with Crippen molar-refractivity contribution in [2.75, 3.05) is 0 Å². The summed E-state index contributed by atoms with van der Waals surface area (Å²) in [4.78, 5) is 5.08. The zero-order valence-electron chi connectivity index (χ0n) is 18.9. The molecule has 0 amide bonds. The molecule has 0 unspecified atom stereocenters. The van der Waals surface area contributed by atoms with E-state index in [0.717, 1.165) is 54.5 Å². The molecule has 0 spiro atoms. The summed E-state index contributed by atoms with van der Waals surface area (Å²) in [5.41, 5.74) is 5.96. The van der Waals surface area contributed by atoms with Crippen LogP contribution in [0.15, 0.2) is 84.9 Å². The van der Waals surface area contributed by atoms with E-state index in [1.54, 1.807) is 0 Å². The van der Waals surface area contributed by atoms with Crippen LogP contribution in [0.1, 0.15) is 22.3 Å². The van der Waals surface area contributed by atoms with Crippen LogP contribution in [0, 0.1) is 27.7 Å². The molecule has 0 aliphatic heterocycles. The number of para-hydroxylation sites is 1. The first-order chi connectivity index (χ1) is 15.4. The lowest BCUT2D eigenvalue weighted by molar-refractivity contribution is 0.592. The molecule has 32 heavy (non-hydrogen) atoms. The Morgan fingerprint density at radius 1 is 0.562 bits per heavy atom. The summed E-state index contributed by atoms with van der Waals surface area (Å²) in [6.07, 6.45) is 0. The molecule has 0 bridgehead atoms. The van der Waals surface area contributed by atoms with Gasteiger partial charge >= 0.3 is 0 Å². The molecule has 0 saturated carbocycles. The van der Waals surface area contributed by atoms with E-state index in [2.05, 4.69) is 82.3 Å². The van der Waals surface area contributed by atoms with Crippen molar-refractivity contribution in [2.24, 2.45) is 0 Å². The Hall–Kier alpha value is -3.22. The second-order valence-electron chi connectivity index (χ2n) is 8.80. The van der Waals surface area contributed by atoms with E-state index >= 15 is 4.57 Å². The van der Waals surface area contributed by atoms with Gasteiger partial charge in [-0.3, -0.25) is 0 Å². The molecule has 4 aromatic carbocycles. The van der Waals surface area contributed by atoms with Crippen LogP contribution < -0.4 is 16.0 Å². The van der Waals surface area contributed by atoms with Crippen molar-refractivity contribution in [1.29, 1.82) is 0 Å². The van der Waals surface area contributed by atoms with Gasteiger partial charge in [0.05, 0.1) is 5.52 Å². The van der Waals surface area contributed by atoms with Crippen LogP contribution in [0.3, 0.4) is 0 Å². The van der Waals surface area contributed by atoms with Gasteiger partial charge in [0.2, 0.25) is 0 Å². The third-order valence-electron chi connectivity index (χ3n) is 6.03. The molecule has 158 valence electrons. The van der Waals surface area contributed by atoms with Crippen LogP contribution in [0.25, 0.3) is 21.7 Å². The summed E-state index contributed by atoms with van der Waals surface area (Å²) in [6, 6.07) is 28.9. The average molecular weight is 436 g/mol. The molecule has 0 aliphatic rings. The SMILES string of the molecule is Cc1cc(C)cc(P(=O)(c2cc(C)cc(C)c2)c2nc3ccccc3c3ccccc23)c1. The van der Waals surface area contributed by atoms with Gasteiger partial charge in [0, 0.05) is 21.4 Å². The maximum atomic E-state index is 15.4. The van der Waals surface area contributed by atoms with Crippen LogP contribution in [0.5, 0.6) is 0 Å². The van der Waals surface area contributed by atoms with Crippen LogP contribution >= 0.6 is 7.14 Å². The van der Waals surface area contributed by atoms with E-state index in [4.69, 9.17) is 4.98 Å². The predicted molar refractivity (Wildman–Crippen MR) is 138 cm³/mol. The maximum Gasteiger partial charge on any atom is 0.189 e. The third-order valence-corrected chi connectivity index (χ3v) is 8.94. The Labute approximate surface area is 189 Å². The summed E-state index contributed by atoms with van der Waals surface area (Å²) in [7, 11) is -3.25. The number of fused-ring (bicyclic) bond motifs is 3. The molecular formula is C29H26NOP. The van der Waals surface area contributed by atoms with E-state index < -0.39 is 7.14 Å². The van der Waals surface area contributed by atoms with Gasteiger partial charge in [0.25, 0.3) is 0 Å². The number of benzene rings is 4. The Balaban J connectivity index is 1.98. The van der Waals surface area contributed by atoms with Crippen molar-refractivity contribution in [3.8, 4) is 0 Å². The number of aromatic nitrogens is 1. The smallest absolute Gasteiger partial charge is 0.189 e. The number of hydrogen-bond donors (Lipinski definition) is 0. The number of pyridine rings is 1. The van der Waals surface area contributed by atoms with Gasteiger partial charge in [-0.1, -0.05) is 76.9 Å². The van der Waals surface area contributed by atoms with Crippen molar-refractivity contribution in [1.82, 2.24) is 4.98 Å². The fourth-order valence-corrected chi connectivity index (χ4v) is 7.90. The number of hydrogen-bond acceptors (Lipinski definition) is 2. The first-order valence-corrected chi connectivity index (χ1v) is 12.6.